The zero-order valence-corrected chi connectivity index (χ0v) is 22.4. The normalized spacial score (nSPS) is 14.6. The molecule has 0 unspecified atom stereocenters. The number of hydrogen-bond donors (Lipinski definition) is 0. The van der Waals surface area contributed by atoms with Crippen LogP contribution in [-0.4, -0.2) is 73.9 Å². The van der Waals surface area contributed by atoms with Crippen LogP contribution < -0.4 is 16.1 Å². The van der Waals surface area contributed by atoms with Crippen molar-refractivity contribution >= 4 is 43.8 Å². The Hall–Kier alpha value is -3.35. The molecule has 12 heteroatoms. The summed E-state index contributed by atoms with van der Waals surface area (Å²) in [4.78, 5) is 52.0. The largest absolute Gasteiger partial charge is 0.379 e. The third-order valence-corrected chi connectivity index (χ3v) is 8.05. The number of aromatic nitrogens is 5. The number of thiazole rings is 1. The van der Waals surface area contributed by atoms with Gasteiger partial charge in [0.1, 0.15) is 6.54 Å². The first kappa shape index (κ1) is 25.3. The molecule has 196 valence electrons. The van der Waals surface area contributed by atoms with Crippen molar-refractivity contribution in [3.63, 3.8) is 0 Å². The van der Waals surface area contributed by atoms with E-state index in [0.29, 0.717) is 11.7 Å². The maximum Gasteiger partial charge on any atom is 0.332 e. The highest BCUT2D eigenvalue weighted by Crippen LogP contribution is 2.31. The molecule has 4 heterocycles. The van der Waals surface area contributed by atoms with Crippen LogP contribution in [0.2, 0.25) is 0 Å². The van der Waals surface area contributed by atoms with Crippen LogP contribution in [-0.2, 0) is 30.2 Å². The van der Waals surface area contributed by atoms with Gasteiger partial charge in [0.05, 0.1) is 29.8 Å². The summed E-state index contributed by atoms with van der Waals surface area (Å²) in [6, 6.07) is 4.16. The monoisotopic (exact) mass is 525 g/mol. The molecule has 0 atom stereocenters. The van der Waals surface area contributed by atoms with Crippen LogP contribution in [0.4, 0.5) is 5.13 Å². The average Bonchev–Trinajstić information content (AvgIpc) is 3.49. The molecular weight excluding hydrogens is 494 g/mol. The van der Waals surface area contributed by atoms with Gasteiger partial charge in [-0.2, -0.15) is 0 Å². The number of hydrogen-bond acceptors (Lipinski definition) is 8. The first-order valence-corrected chi connectivity index (χ1v) is 13.2. The van der Waals surface area contributed by atoms with E-state index in [9.17, 15) is 14.4 Å². The lowest BCUT2D eigenvalue weighted by Crippen LogP contribution is -2.40. The van der Waals surface area contributed by atoms with Crippen molar-refractivity contribution in [1.29, 1.82) is 0 Å². The summed E-state index contributed by atoms with van der Waals surface area (Å²) in [7, 11) is 2.98. The van der Waals surface area contributed by atoms with Crippen molar-refractivity contribution in [3.8, 4) is 0 Å². The second-order valence-corrected chi connectivity index (χ2v) is 10.5. The fourth-order valence-electron chi connectivity index (χ4n) is 4.64. The van der Waals surface area contributed by atoms with Gasteiger partial charge in [0.25, 0.3) is 5.56 Å². The summed E-state index contributed by atoms with van der Waals surface area (Å²) in [6.07, 6.45) is 2.22. The first-order valence-electron chi connectivity index (χ1n) is 12.3. The van der Waals surface area contributed by atoms with Gasteiger partial charge in [0, 0.05) is 40.3 Å². The zero-order valence-electron chi connectivity index (χ0n) is 21.6. The number of imidazole rings is 1. The van der Waals surface area contributed by atoms with E-state index in [1.165, 1.54) is 39.4 Å². The molecule has 1 fully saturated rings. The van der Waals surface area contributed by atoms with Crippen molar-refractivity contribution < 1.29 is 9.53 Å². The Bertz CT molecular complexity index is 1550. The van der Waals surface area contributed by atoms with E-state index < -0.39 is 11.2 Å². The van der Waals surface area contributed by atoms with Crippen LogP contribution in [0.5, 0.6) is 0 Å². The van der Waals surface area contributed by atoms with E-state index >= 15 is 0 Å². The summed E-state index contributed by atoms with van der Waals surface area (Å²) in [5, 5.41) is 0.636. The molecule has 1 amide bonds. The minimum atomic E-state index is -0.479. The number of nitrogens with zero attached hydrogens (tertiary/aromatic N) is 7. The van der Waals surface area contributed by atoms with Gasteiger partial charge in [-0.3, -0.25) is 28.5 Å². The Morgan fingerprint density at radius 1 is 1.11 bits per heavy atom. The Labute approximate surface area is 217 Å². The summed E-state index contributed by atoms with van der Waals surface area (Å²) in [5.74, 6) is -0.190. The van der Waals surface area contributed by atoms with Crippen LogP contribution in [0.3, 0.4) is 0 Å². The minimum absolute atomic E-state index is 0.0878. The topological polar surface area (TPSA) is 107 Å². The molecule has 3 aromatic heterocycles. The predicted octanol–water partition coefficient (Wildman–Crippen LogP) is 1.42. The van der Waals surface area contributed by atoms with Crippen LogP contribution in [0, 0.1) is 13.8 Å². The van der Waals surface area contributed by atoms with Gasteiger partial charge in [-0.25, -0.2) is 14.8 Å². The molecule has 0 N–H and O–H groups in total. The molecule has 1 aliphatic rings. The zero-order chi connectivity index (χ0) is 26.3. The summed E-state index contributed by atoms with van der Waals surface area (Å²) in [6.45, 7) is 8.61. The van der Waals surface area contributed by atoms with Crippen molar-refractivity contribution in [3.05, 3.63) is 50.4 Å². The summed E-state index contributed by atoms with van der Waals surface area (Å²) < 4.78 is 10.3. The van der Waals surface area contributed by atoms with Crippen molar-refractivity contribution in [2.45, 2.75) is 26.8 Å². The number of morpholine rings is 1. The highest BCUT2D eigenvalue weighted by molar-refractivity contribution is 7.22. The standard InChI is InChI=1S/C25H31N7O4S/c1-16-12-18-19(13-17(16)2)37-24(27-18)32(7-5-6-30-8-10-36-11-9-30)20(33)14-31-15-26-22-21(31)23(34)29(4)25(35)28(22)3/h12-13,15H,5-11,14H2,1-4H3. The van der Waals surface area contributed by atoms with E-state index in [-0.39, 0.29) is 23.6 Å². The van der Waals surface area contributed by atoms with E-state index in [1.54, 1.807) is 11.9 Å². The molecule has 37 heavy (non-hydrogen) atoms. The smallest absolute Gasteiger partial charge is 0.332 e. The lowest BCUT2D eigenvalue weighted by molar-refractivity contribution is -0.119. The fourth-order valence-corrected chi connectivity index (χ4v) is 5.72. The third kappa shape index (κ3) is 4.83. The maximum absolute atomic E-state index is 13.7. The Kier molecular flexibility index (Phi) is 6.97. The number of anilines is 1. The van der Waals surface area contributed by atoms with Gasteiger partial charge in [0.15, 0.2) is 16.3 Å². The lowest BCUT2D eigenvalue weighted by atomic mass is 10.1. The molecule has 0 spiro atoms. The maximum atomic E-state index is 13.7. The van der Waals surface area contributed by atoms with Crippen LogP contribution in [0.15, 0.2) is 28.0 Å². The van der Waals surface area contributed by atoms with Gasteiger partial charge in [-0.05, 0) is 43.5 Å². The number of carbonyl (C=O) groups is 1. The van der Waals surface area contributed by atoms with Gasteiger partial charge >= 0.3 is 5.69 Å². The molecule has 1 aromatic carbocycles. The highest BCUT2D eigenvalue weighted by Gasteiger charge is 2.23. The van der Waals surface area contributed by atoms with Crippen molar-refractivity contribution in [2.75, 3.05) is 44.3 Å². The van der Waals surface area contributed by atoms with E-state index in [0.717, 1.165) is 59.6 Å². The molecule has 0 saturated carbocycles. The first-order chi connectivity index (χ1) is 17.7. The summed E-state index contributed by atoms with van der Waals surface area (Å²) >= 11 is 1.49. The van der Waals surface area contributed by atoms with Gasteiger partial charge in [-0.1, -0.05) is 11.3 Å². The quantitative estimate of drug-likeness (QED) is 0.359. The van der Waals surface area contributed by atoms with Crippen LogP contribution >= 0.6 is 11.3 Å². The molecule has 0 aliphatic carbocycles. The van der Waals surface area contributed by atoms with Gasteiger partial charge in [-0.15, -0.1) is 0 Å². The van der Waals surface area contributed by atoms with E-state index in [4.69, 9.17) is 9.72 Å². The van der Waals surface area contributed by atoms with Gasteiger partial charge < -0.3 is 9.30 Å². The number of benzene rings is 1. The second kappa shape index (κ2) is 10.2. The number of aryl methyl sites for hydroxylation is 3. The number of fused-ring (bicyclic) bond motifs is 2. The molecule has 4 aromatic rings. The predicted molar refractivity (Wildman–Crippen MR) is 144 cm³/mol. The fraction of sp³-hybridized carbons (Fsp3) is 0.480. The molecule has 1 saturated heterocycles. The minimum Gasteiger partial charge on any atom is -0.379 e. The Morgan fingerprint density at radius 3 is 2.59 bits per heavy atom. The average molecular weight is 526 g/mol. The van der Waals surface area contributed by atoms with Crippen molar-refractivity contribution in [2.24, 2.45) is 14.1 Å². The third-order valence-electron chi connectivity index (χ3n) is 7.01. The van der Waals surface area contributed by atoms with Gasteiger partial charge in [0.2, 0.25) is 5.91 Å². The summed E-state index contributed by atoms with van der Waals surface area (Å²) in [5.41, 5.74) is 2.74. The van der Waals surface area contributed by atoms with E-state index in [1.807, 2.05) is 0 Å². The molecule has 0 bridgehead atoms. The number of ether oxygens (including phenoxy) is 1. The SMILES string of the molecule is Cc1cc2nc(N(CCCN3CCOCC3)C(=O)Cn3cnc4c3c(=O)n(C)c(=O)n4C)sc2cc1C. The highest BCUT2D eigenvalue weighted by atomic mass is 32.1. The number of carbonyl (C=O) groups excluding carboxylic acids is 1. The number of amides is 1. The Morgan fingerprint density at radius 2 is 1.84 bits per heavy atom. The molecule has 0 radical (unpaired) electrons. The molecule has 5 rings (SSSR count). The Balaban J connectivity index is 1.46. The number of rotatable bonds is 7. The molecule has 1 aliphatic heterocycles. The molecule has 11 nitrogen and oxygen atoms in total. The van der Waals surface area contributed by atoms with Crippen LogP contribution in [0.25, 0.3) is 21.4 Å². The lowest BCUT2D eigenvalue weighted by Gasteiger charge is -2.27. The molecular formula is C25H31N7O4S. The van der Waals surface area contributed by atoms with Crippen LogP contribution in [0.1, 0.15) is 17.5 Å². The second-order valence-electron chi connectivity index (χ2n) is 9.50. The van der Waals surface area contributed by atoms with E-state index in [2.05, 4.69) is 35.9 Å². The van der Waals surface area contributed by atoms with Crippen molar-refractivity contribution in [1.82, 2.24) is 28.6 Å².